The fraction of sp³-hybridized carbons (Fsp3) is 1.00. The normalized spacial score (nSPS) is 30.9. The van der Waals surface area contributed by atoms with Crippen molar-refractivity contribution in [3.05, 3.63) is 0 Å². The van der Waals surface area contributed by atoms with Crippen LogP contribution in [0.3, 0.4) is 0 Å². The lowest BCUT2D eigenvalue weighted by Crippen LogP contribution is -2.54. The highest BCUT2D eigenvalue weighted by Crippen LogP contribution is 2.34. The van der Waals surface area contributed by atoms with Crippen LogP contribution in [0.15, 0.2) is 0 Å². The van der Waals surface area contributed by atoms with Gasteiger partial charge in [-0.25, -0.2) is 13.1 Å². The van der Waals surface area contributed by atoms with E-state index in [4.69, 9.17) is 4.74 Å². The maximum atomic E-state index is 11.2. The molecule has 0 aromatic rings. The molecule has 0 aliphatic carbocycles. The molecule has 0 aromatic heterocycles. The third kappa shape index (κ3) is 2.50. The molecule has 2 saturated heterocycles. The number of hydrogen-bond acceptors (Lipinski definition) is 4. The van der Waals surface area contributed by atoms with Crippen molar-refractivity contribution < 1.29 is 13.2 Å². The maximum Gasteiger partial charge on any atom is 0.209 e. The van der Waals surface area contributed by atoms with Crippen LogP contribution in [0.5, 0.6) is 0 Å². The lowest BCUT2D eigenvalue weighted by molar-refractivity contribution is -0.0299. The van der Waals surface area contributed by atoms with Crippen molar-refractivity contribution in [1.82, 2.24) is 10.0 Å². The molecule has 1 unspecified atom stereocenters. The van der Waals surface area contributed by atoms with Crippen LogP contribution in [0, 0.1) is 0 Å². The molecule has 6 heteroatoms. The van der Waals surface area contributed by atoms with E-state index < -0.39 is 10.0 Å². The summed E-state index contributed by atoms with van der Waals surface area (Å²) in [6.07, 6.45) is 3.77. The largest absolute Gasteiger partial charge is 0.373 e. The van der Waals surface area contributed by atoms with Gasteiger partial charge in [0.15, 0.2) is 0 Å². The molecule has 0 bridgehead atoms. The molecule has 2 fully saturated rings. The van der Waals surface area contributed by atoms with Crippen molar-refractivity contribution >= 4 is 10.0 Å². The van der Waals surface area contributed by atoms with Gasteiger partial charge in [-0.2, -0.15) is 0 Å². The summed E-state index contributed by atoms with van der Waals surface area (Å²) in [4.78, 5) is 0. The quantitative estimate of drug-likeness (QED) is 0.672. The minimum absolute atomic E-state index is 0.0467. The Morgan fingerprint density at radius 2 is 2.07 bits per heavy atom. The summed E-state index contributed by atoms with van der Waals surface area (Å²) in [5, 5.41) is 3.26. The van der Waals surface area contributed by atoms with Crippen molar-refractivity contribution in [3.63, 3.8) is 0 Å². The summed E-state index contributed by atoms with van der Waals surface area (Å²) in [6, 6.07) is -0.0467. The fourth-order valence-corrected chi connectivity index (χ4v) is 3.36. The standard InChI is InChI=1S/C9H18N2O3S/c1-15(12,13)11-8-2-7-14-9(8)3-5-10-6-4-9/h8,10-11H,2-7H2,1H3. The second kappa shape index (κ2) is 4.01. The molecule has 88 valence electrons. The van der Waals surface area contributed by atoms with Gasteiger partial charge >= 0.3 is 0 Å². The van der Waals surface area contributed by atoms with Gasteiger partial charge in [0.1, 0.15) is 0 Å². The van der Waals surface area contributed by atoms with Gasteiger partial charge in [-0.1, -0.05) is 0 Å². The van der Waals surface area contributed by atoms with Crippen LogP contribution in [0.25, 0.3) is 0 Å². The Kier molecular flexibility index (Phi) is 3.03. The van der Waals surface area contributed by atoms with E-state index in [1.54, 1.807) is 0 Å². The van der Waals surface area contributed by atoms with E-state index in [0.717, 1.165) is 32.4 Å². The van der Waals surface area contributed by atoms with E-state index in [1.165, 1.54) is 6.26 Å². The highest BCUT2D eigenvalue weighted by atomic mass is 32.2. The molecule has 2 aliphatic rings. The van der Waals surface area contributed by atoms with E-state index in [9.17, 15) is 8.42 Å². The van der Waals surface area contributed by atoms with Gasteiger partial charge in [0.25, 0.3) is 0 Å². The fourth-order valence-electron chi connectivity index (χ4n) is 2.51. The lowest BCUT2D eigenvalue weighted by Gasteiger charge is -2.37. The zero-order valence-electron chi connectivity index (χ0n) is 8.95. The number of hydrogen-bond donors (Lipinski definition) is 2. The third-order valence-corrected chi connectivity index (χ3v) is 3.95. The summed E-state index contributed by atoms with van der Waals surface area (Å²) in [6.45, 7) is 2.47. The molecule has 2 rings (SSSR count). The van der Waals surface area contributed by atoms with Crippen molar-refractivity contribution in [2.75, 3.05) is 26.0 Å². The average Bonchev–Trinajstić information content (AvgIpc) is 2.48. The van der Waals surface area contributed by atoms with E-state index in [0.29, 0.717) is 6.61 Å². The maximum absolute atomic E-state index is 11.2. The van der Waals surface area contributed by atoms with Gasteiger partial charge in [0, 0.05) is 6.61 Å². The zero-order valence-corrected chi connectivity index (χ0v) is 9.77. The first-order valence-electron chi connectivity index (χ1n) is 5.34. The summed E-state index contributed by atoms with van der Waals surface area (Å²) < 4.78 is 30.9. The Morgan fingerprint density at radius 1 is 1.40 bits per heavy atom. The Bertz CT molecular complexity index is 322. The first-order valence-corrected chi connectivity index (χ1v) is 7.23. The van der Waals surface area contributed by atoms with Crippen LogP contribution in [0.4, 0.5) is 0 Å². The molecule has 15 heavy (non-hydrogen) atoms. The molecule has 0 radical (unpaired) electrons. The molecular weight excluding hydrogens is 216 g/mol. The minimum atomic E-state index is -3.13. The Morgan fingerprint density at radius 3 is 2.67 bits per heavy atom. The number of nitrogens with one attached hydrogen (secondary N) is 2. The van der Waals surface area contributed by atoms with Crippen molar-refractivity contribution in [2.24, 2.45) is 0 Å². The first kappa shape index (κ1) is 11.3. The highest BCUT2D eigenvalue weighted by Gasteiger charge is 2.45. The average molecular weight is 234 g/mol. The molecule has 0 amide bonds. The van der Waals surface area contributed by atoms with Gasteiger partial charge < -0.3 is 10.1 Å². The van der Waals surface area contributed by atoms with Gasteiger partial charge in [0.2, 0.25) is 10.0 Å². The predicted molar refractivity (Wildman–Crippen MR) is 57.2 cm³/mol. The smallest absolute Gasteiger partial charge is 0.209 e. The first-order chi connectivity index (χ1) is 7.02. The van der Waals surface area contributed by atoms with Gasteiger partial charge in [0.05, 0.1) is 17.9 Å². The van der Waals surface area contributed by atoms with Crippen molar-refractivity contribution in [3.8, 4) is 0 Å². The minimum Gasteiger partial charge on any atom is -0.373 e. The van der Waals surface area contributed by atoms with Crippen LogP contribution in [0.1, 0.15) is 19.3 Å². The predicted octanol–water partition coefficient (Wildman–Crippen LogP) is -0.553. The monoisotopic (exact) mass is 234 g/mol. The van der Waals surface area contributed by atoms with Crippen LogP contribution >= 0.6 is 0 Å². The van der Waals surface area contributed by atoms with Gasteiger partial charge in [-0.15, -0.1) is 0 Å². The molecular formula is C9H18N2O3S. The molecule has 0 aromatic carbocycles. The molecule has 5 nitrogen and oxygen atoms in total. The summed E-state index contributed by atoms with van der Waals surface area (Å²) >= 11 is 0. The van der Waals surface area contributed by atoms with Crippen LogP contribution < -0.4 is 10.0 Å². The van der Waals surface area contributed by atoms with E-state index in [1.807, 2.05) is 0 Å². The molecule has 2 N–H and O–H groups in total. The van der Waals surface area contributed by atoms with E-state index in [-0.39, 0.29) is 11.6 Å². The lowest BCUT2D eigenvalue weighted by atomic mass is 9.86. The van der Waals surface area contributed by atoms with E-state index in [2.05, 4.69) is 10.0 Å². The number of rotatable bonds is 2. The molecule has 0 saturated carbocycles. The molecule has 1 atom stereocenters. The van der Waals surface area contributed by atoms with Crippen LogP contribution in [-0.4, -0.2) is 46.0 Å². The second-order valence-corrected chi connectivity index (χ2v) is 6.17. The topological polar surface area (TPSA) is 67.4 Å². The van der Waals surface area contributed by atoms with E-state index >= 15 is 0 Å². The summed E-state index contributed by atoms with van der Waals surface area (Å²) in [7, 11) is -3.13. The van der Waals surface area contributed by atoms with Crippen molar-refractivity contribution in [2.45, 2.75) is 30.9 Å². The van der Waals surface area contributed by atoms with Crippen LogP contribution in [-0.2, 0) is 14.8 Å². The van der Waals surface area contributed by atoms with Crippen LogP contribution in [0.2, 0.25) is 0 Å². The Labute approximate surface area is 90.6 Å². The second-order valence-electron chi connectivity index (χ2n) is 4.39. The Balaban J connectivity index is 2.10. The number of piperidine rings is 1. The molecule has 2 aliphatic heterocycles. The third-order valence-electron chi connectivity index (χ3n) is 3.24. The van der Waals surface area contributed by atoms with Gasteiger partial charge in [-0.05, 0) is 32.4 Å². The Hall–Kier alpha value is -0.170. The summed E-state index contributed by atoms with van der Waals surface area (Å²) in [5.41, 5.74) is -0.256. The number of ether oxygens (including phenoxy) is 1. The summed E-state index contributed by atoms with van der Waals surface area (Å²) in [5.74, 6) is 0. The molecule has 1 spiro atoms. The van der Waals surface area contributed by atoms with Crippen molar-refractivity contribution in [1.29, 1.82) is 0 Å². The SMILES string of the molecule is CS(=O)(=O)NC1CCOC12CCNCC2. The molecule has 2 heterocycles. The highest BCUT2D eigenvalue weighted by molar-refractivity contribution is 7.88. The zero-order chi connectivity index (χ0) is 10.9. The van der Waals surface area contributed by atoms with Gasteiger partial charge in [-0.3, -0.25) is 0 Å². The number of sulfonamides is 1.